The van der Waals surface area contributed by atoms with Crippen molar-refractivity contribution in [2.24, 2.45) is 0 Å². The number of nitrogens with zero attached hydrogens (tertiary/aromatic N) is 1. The van der Waals surface area contributed by atoms with Gasteiger partial charge in [-0.1, -0.05) is 0 Å². The molecule has 1 aromatic rings. The van der Waals surface area contributed by atoms with E-state index >= 15 is 0 Å². The summed E-state index contributed by atoms with van der Waals surface area (Å²) in [7, 11) is 0. The molecule has 1 aromatic heterocycles. The summed E-state index contributed by atoms with van der Waals surface area (Å²) in [6, 6.07) is 0. The number of hydrogen-bond acceptors (Lipinski definition) is 2. The number of halogens is 2. The van der Waals surface area contributed by atoms with E-state index in [0.717, 1.165) is 0 Å². The lowest BCUT2D eigenvalue weighted by Gasteiger charge is -1.87. The molecule has 0 aliphatic heterocycles. The van der Waals surface area contributed by atoms with Gasteiger partial charge in [0.2, 0.25) is 5.15 Å². The summed E-state index contributed by atoms with van der Waals surface area (Å²) in [6.07, 6.45) is 1.38. The van der Waals surface area contributed by atoms with Crippen molar-refractivity contribution in [2.75, 3.05) is 5.73 Å². The van der Waals surface area contributed by atoms with Crippen LogP contribution in [-0.2, 0) is 0 Å². The molecule has 0 bridgehead atoms. The largest absolute Gasteiger partial charge is 0.390 e. The molecule has 1 heterocycles. The number of aromatic amines is 1. The van der Waals surface area contributed by atoms with E-state index < -0.39 is 0 Å². The number of rotatable bonds is 0. The van der Waals surface area contributed by atoms with Crippen LogP contribution in [-0.4, -0.2) is 4.98 Å². The average Bonchev–Trinajstić information content (AvgIpc) is 1.83. The molecule has 3 nitrogen and oxygen atoms in total. The summed E-state index contributed by atoms with van der Waals surface area (Å²) in [5, 5.41) is 0.536. The SMILES string of the molecule is Nc1c(Cl)nc[nH+]c1Cl. The fourth-order valence-electron chi connectivity index (χ4n) is 0.383. The number of aromatic nitrogens is 2. The predicted octanol–water partition coefficient (Wildman–Crippen LogP) is 0.785. The Hall–Kier alpha value is -0.540. The van der Waals surface area contributed by atoms with Gasteiger partial charge in [-0.2, -0.15) is 0 Å². The minimum Gasteiger partial charge on any atom is -0.390 e. The zero-order valence-electron chi connectivity index (χ0n) is 4.36. The van der Waals surface area contributed by atoms with Crippen molar-refractivity contribution in [2.45, 2.75) is 0 Å². The Labute approximate surface area is 61.8 Å². The Morgan fingerprint density at radius 1 is 1.56 bits per heavy atom. The molecule has 3 N–H and O–H groups in total. The first-order valence-corrected chi connectivity index (χ1v) is 2.94. The quantitative estimate of drug-likeness (QED) is 0.577. The molecule has 0 radical (unpaired) electrons. The van der Waals surface area contributed by atoms with Gasteiger partial charge in [0.05, 0.1) is 0 Å². The molecule has 9 heavy (non-hydrogen) atoms. The van der Waals surface area contributed by atoms with Crippen molar-refractivity contribution in [1.29, 1.82) is 0 Å². The zero-order valence-corrected chi connectivity index (χ0v) is 5.87. The average molecular weight is 165 g/mol. The highest BCUT2D eigenvalue weighted by Gasteiger charge is 2.07. The van der Waals surface area contributed by atoms with Gasteiger partial charge in [-0.25, -0.2) is 4.98 Å². The van der Waals surface area contributed by atoms with Crippen molar-refractivity contribution in [1.82, 2.24) is 4.98 Å². The smallest absolute Gasteiger partial charge is 0.287 e. The van der Waals surface area contributed by atoms with Gasteiger partial charge in [0, 0.05) is 0 Å². The number of H-pyrrole nitrogens is 1. The van der Waals surface area contributed by atoms with Gasteiger partial charge >= 0.3 is 0 Å². The number of nitrogen functional groups attached to an aromatic ring is 1. The number of nitrogens with one attached hydrogen (secondary N) is 1. The molecule has 0 atom stereocenters. The molecule has 0 aliphatic carbocycles. The van der Waals surface area contributed by atoms with Gasteiger partial charge in [0.25, 0.3) is 11.5 Å². The molecule has 0 aliphatic rings. The van der Waals surface area contributed by atoms with E-state index in [2.05, 4.69) is 9.97 Å². The van der Waals surface area contributed by atoms with E-state index in [9.17, 15) is 0 Å². The van der Waals surface area contributed by atoms with Gasteiger partial charge in [-0.15, -0.1) is 0 Å². The van der Waals surface area contributed by atoms with Crippen molar-refractivity contribution >= 4 is 28.9 Å². The van der Waals surface area contributed by atoms with Gasteiger partial charge in [-0.05, 0) is 28.2 Å². The molecule has 0 amide bonds. The molecule has 48 valence electrons. The first kappa shape index (κ1) is 6.58. The molecule has 1 rings (SSSR count). The molecule has 5 heteroatoms. The third-order valence-electron chi connectivity index (χ3n) is 0.828. The minimum absolute atomic E-state index is 0.221. The molecular weight excluding hydrogens is 161 g/mol. The van der Waals surface area contributed by atoms with Gasteiger partial charge < -0.3 is 5.73 Å². The molecule has 0 spiro atoms. The third kappa shape index (κ3) is 1.23. The summed E-state index contributed by atoms with van der Waals surface area (Å²) >= 11 is 11.0. The maximum absolute atomic E-state index is 5.51. The summed E-state index contributed by atoms with van der Waals surface area (Å²) in [5.74, 6) is 0. The van der Waals surface area contributed by atoms with Gasteiger partial charge in [0.15, 0.2) is 5.69 Å². The molecule has 0 saturated heterocycles. The van der Waals surface area contributed by atoms with Crippen LogP contribution in [0.4, 0.5) is 5.69 Å². The van der Waals surface area contributed by atoms with Crippen molar-refractivity contribution in [3.05, 3.63) is 16.6 Å². The van der Waals surface area contributed by atoms with E-state index in [1.54, 1.807) is 0 Å². The summed E-state index contributed by atoms with van der Waals surface area (Å²) in [5.41, 5.74) is 5.60. The Morgan fingerprint density at radius 3 is 2.67 bits per heavy atom. The van der Waals surface area contributed by atoms with Crippen LogP contribution in [0.15, 0.2) is 6.33 Å². The van der Waals surface area contributed by atoms with Gasteiger partial charge in [0.1, 0.15) is 0 Å². The van der Waals surface area contributed by atoms with E-state index in [4.69, 9.17) is 28.9 Å². The standard InChI is InChI=1S/C4H3Cl2N3/c5-3-2(7)4(6)9-1-8-3/h1H,7H2/p+1. The van der Waals surface area contributed by atoms with E-state index in [-0.39, 0.29) is 10.8 Å². The lowest BCUT2D eigenvalue weighted by molar-refractivity contribution is -0.379. The lowest BCUT2D eigenvalue weighted by Crippen LogP contribution is -2.07. The van der Waals surface area contributed by atoms with Crippen LogP contribution in [0.5, 0.6) is 0 Å². The lowest BCUT2D eigenvalue weighted by atomic mass is 10.6. The third-order valence-corrected chi connectivity index (χ3v) is 1.44. The van der Waals surface area contributed by atoms with Crippen molar-refractivity contribution < 1.29 is 4.98 Å². The summed E-state index contributed by atoms with van der Waals surface area (Å²) in [6.45, 7) is 0. The van der Waals surface area contributed by atoms with Crippen LogP contribution in [0, 0.1) is 0 Å². The van der Waals surface area contributed by atoms with Crippen LogP contribution in [0.2, 0.25) is 10.3 Å². The Balaban J connectivity index is 3.25. The first-order chi connectivity index (χ1) is 4.22. The fourth-order valence-corrected chi connectivity index (χ4v) is 0.713. The fraction of sp³-hybridized carbons (Fsp3) is 0. The Morgan fingerprint density at radius 2 is 2.22 bits per heavy atom. The second kappa shape index (κ2) is 2.37. The molecule has 0 fully saturated rings. The van der Waals surface area contributed by atoms with Crippen molar-refractivity contribution in [3.8, 4) is 0 Å². The van der Waals surface area contributed by atoms with E-state index in [1.807, 2.05) is 0 Å². The monoisotopic (exact) mass is 164 g/mol. The molecule has 0 unspecified atom stereocenters. The second-order valence-electron chi connectivity index (χ2n) is 1.42. The second-order valence-corrected chi connectivity index (χ2v) is 2.16. The predicted molar refractivity (Wildman–Crippen MR) is 35.2 cm³/mol. The number of nitrogens with two attached hydrogens (primary N) is 1. The normalized spacial score (nSPS) is 9.56. The summed E-state index contributed by atoms with van der Waals surface area (Å²) < 4.78 is 0. The van der Waals surface area contributed by atoms with E-state index in [0.29, 0.717) is 5.15 Å². The minimum atomic E-state index is 0.221. The van der Waals surface area contributed by atoms with E-state index in [1.165, 1.54) is 6.33 Å². The highest BCUT2D eigenvalue weighted by atomic mass is 35.5. The topological polar surface area (TPSA) is 53.0 Å². The highest BCUT2D eigenvalue weighted by molar-refractivity contribution is 6.36. The number of anilines is 1. The molecule has 0 aromatic carbocycles. The van der Waals surface area contributed by atoms with Crippen LogP contribution >= 0.6 is 23.2 Å². The Bertz CT molecular complexity index is 205. The van der Waals surface area contributed by atoms with Crippen LogP contribution in [0.25, 0.3) is 0 Å². The van der Waals surface area contributed by atoms with Gasteiger partial charge in [-0.3, -0.25) is 0 Å². The maximum atomic E-state index is 5.51. The Kier molecular flexibility index (Phi) is 1.73. The molecular formula is C4H4Cl2N3+. The first-order valence-electron chi connectivity index (χ1n) is 2.19. The highest BCUT2D eigenvalue weighted by Crippen LogP contribution is 2.18. The zero-order chi connectivity index (χ0) is 6.85. The maximum Gasteiger partial charge on any atom is 0.287 e. The molecule has 0 saturated carbocycles. The summed E-state index contributed by atoms with van der Waals surface area (Å²) in [4.78, 5) is 6.23. The number of hydrogen-bond donors (Lipinski definition) is 1. The van der Waals surface area contributed by atoms with Crippen LogP contribution in [0.1, 0.15) is 0 Å². The van der Waals surface area contributed by atoms with Crippen LogP contribution in [0.3, 0.4) is 0 Å². The van der Waals surface area contributed by atoms with Crippen LogP contribution < -0.4 is 10.7 Å². The van der Waals surface area contributed by atoms with Crippen molar-refractivity contribution in [3.63, 3.8) is 0 Å².